The molecule has 0 atom stereocenters. The van der Waals surface area contributed by atoms with E-state index in [1.165, 1.54) is 0 Å². The summed E-state index contributed by atoms with van der Waals surface area (Å²) in [6, 6.07) is 0. The Kier molecular flexibility index (Phi) is 12.9. The van der Waals surface area contributed by atoms with Gasteiger partial charge in [0, 0.05) is 12.8 Å². The van der Waals surface area contributed by atoms with E-state index in [1.807, 2.05) is 0 Å². The molecule has 132 valence electrons. The van der Waals surface area contributed by atoms with Crippen LogP contribution in [-0.4, -0.2) is 23.9 Å². The lowest BCUT2D eigenvalue weighted by atomic mass is 10.1. The lowest BCUT2D eigenvalue weighted by Gasteiger charge is -2.04. The van der Waals surface area contributed by atoms with E-state index in [2.05, 4.69) is 23.3 Å². The molecule has 0 bridgehead atoms. The van der Waals surface area contributed by atoms with Crippen molar-refractivity contribution in [3.05, 3.63) is 0 Å². The van der Waals surface area contributed by atoms with Gasteiger partial charge in [0.2, 0.25) is 0 Å². The standard InChI is InChI=1S/C17H28O6/c1-3-5-7-9-11-14(18)22-16(20)13-17(21)23-15(19)12-10-8-6-4-2/h3-13H2,1-2H3. The summed E-state index contributed by atoms with van der Waals surface area (Å²) in [6.45, 7) is 4.11. The molecule has 0 aromatic rings. The average molecular weight is 328 g/mol. The lowest BCUT2D eigenvalue weighted by molar-refractivity contribution is -0.165. The van der Waals surface area contributed by atoms with Crippen molar-refractivity contribution in [1.29, 1.82) is 0 Å². The third-order valence-corrected chi connectivity index (χ3v) is 3.21. The Balaban J connectivity index is 3.81. The van der Waals surface area contributed by atoms with Gasteiger partial charge >= 0.3 is 23.9 Å². The van der Waals surface area contributed by atoms with E-state index < -0.39 is 30.3 Å². The maximum Gasteiger partial charge on any atom is 0.324 e. The van der Waals surface area contributed by atoms with E-state index in [4.69, 9.17) is 0 Å². The smallest absolute Gasteiger partial charge is 0.324 e. The summed E-state index contributed by atoms with van der Waals surface area (Å²) in [5.74, 6) is -3.25. The fourth-order valence-corrected chi connectivity index (χ4v) is 1.94. The first-order valence-corrected chi connectivity index (χ1v) is 8.46. The van der Waals surface area contributed by atoms with Crippen LogP contribution in [0, 0.1) is 0 Å². The van der Waals surface area contributed by atoms with Gasteiger partial charge in [-0.15, -0.1) is 0 Å². The van der Waals surface area contributed by atoms with Crippen LogP contribution in [0.3, 0.4) is 0 Å². The van der Waals surface area contributed by atoms with Gasteiger partial charge < -0.3 is 9.47 Å². The van der Waals surface area contributed by atoms with Crippen molar-refractivity contribution in [2.75, 3.05) is 0 Å². The summed E-state index contributed by atoms with van der Waals surface area (Å²) in [4.78, 5) is 45.5. The van der Waals surface area contributed by atoms with E-state index in [-0.39, 0.29) is 12.8 Å². The second-order valence-corrected chi connectivity index (χ2v) is 5.49. The molecule has 0 radical (unpaired) electrons. The maximum absolute atomic E-state index is 11.4. The molecule has 0 saturated carbocycles. The van der Waals surface area contributed by atoms with Crippen LogP contribution in [0.15, 0.2) is 0 Å². The Morgan fingerprint density at radius 2 is 0.957 bits per heavy atom. The highest BCUT2D eigenvalue weighted by atomic mass is 16.6. The van der Waals surface area contributed by atoms with Gasteiger partial charge in [-0.25, -0.2) is 0 Å². The van der Waals surface area contributed by atoms with Gasteiger partial charge in [0.25, 0.3) is 0 Å². The fraction of sp³-hybridized carbons (Fsp3) is 0.765. The number of hydrogen-bond acceptors (Lipinski definition) is 6. The van der Waals surface area contributed by atoms with E-state index in [0.717, 1.165) is 38.5 Å². The fourth-order valence-electron chi connectivity index (χ4n) is 1.94. The predicted molar refractivity (Wildman–Crippen MR) is 84.3 cm³/mol. The number of rotatable bonds is 12. The molecule has 0 fully saturated rings. The molecule has 6 heteroatoms. The van der Waals surface area contributed by atoms with Crippen LogP contribution in [0.2, 0.25) is 0 Å². The zero-order valence-corrected chi connectivity index (χ0v) is 14.2. The Morgan fingerprint density at radius 3 is 1.30 bits per heavy atom. The van der Waals surface area contributed by atoms with Gasteiger partial charge in [-0.2, -0.15) is 0 Å². The molecule has 6 nitrogen and oxygen atoms in total. The van der Waals surface area contributed by atoms with Gasteiger partial charge in [-0.3, -0.25) is 19.2 Å². The van der Waals surface area contributed by atoms with Crippen LogP contribution < -0.4 is 0 Å². The van der Waals surface area contributed by atoms with Crippen LogP contribution in [-0.2, 0) is 28.7 Å². The van der Waals surface area contributed by atoms with Gasteiger partial charge in [0.15, 0.2) is 0 Å². The summed E-state index contributed by atoms with van der Waals surface area (Å²) in [5, 5.41) is 0. The molecular weight excluding hydrogens is 300 g/mol. The molecule has 0 rings (SSSR count). The minimum absolute atomic E-state index is 0.150. The van der Waals surface area contributed by atoms with Crippen molar-refractivity contribution >= 4 is 23.9 Å². The number of hydrogen-bond donors (Lipinski definition) is 0. The lowest BCUT2D eigenvalue weighted by Crippen LogP contribution is -2.19. The van der Waals surface area contributed by atoms with Crippen LogP contribution in [0.4, 0.5) is 0 Å². The molecule has 0 aliphatic carbocycles. The zero-order chi connectivity index (χ0) is 17.5. The first kappa shape index (κ1) is 21.3. The van der Waals surface area contributed by atoms with Crippen molar-refractivity contribution in [3.63, 3.8) is 0 Å². The van der Waals surface area contributed by atoms with Crippen molar-refractivity contribution in [3.8, 4) is 0 Å². The highest BCUT2D eigenvalue weighted by molar-refractivity contribution is 5.99. The largest absolute Gasteiger partial charge is 0.393 e. The molecule has 0 spiro atoms. The third-order valence-electron chi connectivity index (χ3n) is 3.21. The van der Waals surface area contributed by atoms with Gasteiger partial charge in [0.1, 0.15) is 6.42 Å². The molecule has 0 aliphatic heterocycles. The average Bonchev–Trinajstić information content (AvgIpc) is 2.47. The second-order valence-electron chi connectivity index (χ2n) is 5.49. The minimum atomic E-state index is -0.978. The number of esters is 4. The highest BCUT2D eigenvalue weighted by Gasteiger charge is 2.18. The topological polar surface area (TPSA) is 86.7 Å². The van der Waals surface area contributed by atoms with E-state index in [0.29, 0.717) is 12.8 Å². The molecular formula is C17H28O6. The number of unbranched alkanes of at least 4 members (excludes halogenated alkanes) is 6. The van der Waals surface area contributed by atoms with Crippen LogP contribution in [0.1, 0.15) is 84.5 Å². The summed E-state index contributed by atoms with van der Waals surface area (Å²) in [6.07, 6.45) is 6.82. The summed E-state index contributed by atoms with van der Waals surface area (Å²) >= 11 is 0. The molecule has 0 unspecified atom stereocenters. The predicted octanol–water partition coefficient (Wildman–Crippen LogP) is 3.46. The Hall–Kier alpha value is -1.72. The van der Waals surface area contributed by atoms with E-state index in [9.17, 15) is 19.2 Å². The van der Waals surface area contributed by atoms with Gasteiger partial charge in [0.05, 0.1) is 0 Å². The number of carbonyl (C=O) groups is 4. The molecule has 0 aliphatic rings. The number of ether oxygens (including phenoxy) is 2. The Bertz CT molecular complexity index is 353. The normalized spacial score (nSPS) is 10.2. The van der Waals surface area contributed by atoms with Crippen molar-refractivity contribution in [2.45, 2.75) is 84.5 Å². The van der Waals surface area contributed by atoms with Crippen molar-refractivity contribution in [1.82, 2.24) is 0 Å². The van der Waals surface area contributed by atoms with Crippen molar-refractivity contribution in [2.24, 2.45) is 0 Å². The first-order chi connectivity index (χ1) is 11.0. The molecule has 0 heterocycles. The molecule has 0 aromatic carbocycles. The molecule has 0 saturated heterocycles. The zero-order valence-electron chi connectivity index (χ0n) is 14.2. The third kappa shape index (κ3) is 13.7. The monoisotopic (exact) mass is 328 g/mol. The van der Waals surface area contributed by atoms with E-state index >= 15 is 0 Å². The Morgan fingerprint density at radius 1 is 0.565 bits per heavy atom. The molecule has 0 N–H and O–H groups in total. The Labute approximate surface area is 137 Å². The molecule has 0 aromatic heterocycles. The van der Waals surface area contributed by atoms with Crippen LogP contribution in [0.25, 0.3) is 0 Å². The summed E-state index contributed by atoms with van der Waals surface area (Å²) < 4.78 is 9.01. The number of carbonyl (C=O) groups excluding carboxylic acids is 4. The van der Waals surface area contributed by atoms with E-state index in [1.54, 1.807) is 0 Å². The van der Waals surface area contributed by atoms with Crippen LogP contribution in [0.5, 0.6) is 0 Å². The van der Waals surface area contributed by atoms with Gasteiger partial charge in [-0.1, -0.05) is 52.4 Å². The van der Waals surface area contributed by atoms with Crippen molar-refractivity contribution < 1.29 is 28.7 Å². The summed E-state index contributed by atoms with van der Waals surface area (Å²) in [7, 11) is 0. The van der Waals surface area contributed by atoms with Gasteiger partial charge in [-0.05, 0) is 12.8 Å². The maximum atomic E-state index is 11.4. The SMILES string of the molecule is CCCCCCC(=O)OC(=O)CC(=O)OC(=O)CCCCCC. The minimum Gasteiger partial charge on any atom is -0.393 e. The molecule has 23 heavy (non-hydrogen) atoms. The first-order valence-electron chi connectivity index (χ1n) is 8.46. The molecule has 0 amide bonds. The second kappa shape index (κ2) is 13.9. The quantitative estimate of drug-likeness (QED) is 0.310. The van der Waals surface area contributed by atoms with Crippen LogP contribution >= 0.6 is 0 Å². The summed E-state index contributed by atoms with van der Waals surface area (Å²) in [5.41, 5.74) is 0. The highest BCUT2D eigenvalue weighted by Crippen LogP contribution is 2.06.